The molecule has 1 aromatic carbocycles. The van der Waals surface area contributed by atoms with Crippen LogP contribution < -0.4 is 15.5 Å². The van der Waals surface area contributed by atoms with Crippen molar-refractivity contribution in [1.29, 1.82) is 0 Å². The van der Waals surface area contributed by atoms with Gasteiger partial charge in [-0.05, 0) is 62.6 Å². The highest BCUT2D eigenvalue weighted by atomic mass is 16.2. The molecule has 1 saturated carbocycles. The SMILES string of the molecule is CCCCC(CC)C(=O)Nc1ccc(N2CCC(C)CC2)c(C(=O)NC2CC2)c1. The van der Waals surface area contributed by atoms with Crippen LogP contribution in [0, 0.1) is 11.8 Å². The molecule has 1 aliphatic carbocycles. The van der Waals surface area contributed by atoms with Crippen molar-refractivity contribution >= 4 is 23.2 Å². The van der Waals surface area contributed by atoms with Gasteiger partial charge in [0, 0.05) is 36.4 Å². The summed E-state index contributed by atoms with van der Waals surface area (Å²) < 4.78 is 0. The molecule has 5 heteroatoms. The van der Waals surface area contributed by atoms with Crippen LogP contribution in [0.15, 0.2) is 18.2 Å². The lowest BCUT2D eigenvalue weighted by Gasteiger charge is -2.33. The molecule has 1 saturated heterocycles. The summed E-state index contributed by atoms with van der Waals surface area (Å²) in [7, 11) is 0. The molecular weight excluding hydrogens is 362 g/mol. The van der Waals surface area contributed by atoms with E-state index in [0.717, 1.165) is 81.7 Å². The number of unbranched alkanes of at least 4 members (excludes halogenated alkanes) is 1. The van der Waals surface area contributed by atoms with E-state index in [9.17, 15) is 9.59 Å². The Morgan fingerprint density at radius 3 is 2.48 bits per heavy atom. The first-order valence-corrected chi connectivity index (χ1v) is 11.5. The average molecular weight is 400 g/mol. The van der Waals surface area contributed by atoms with Gasteiger partial charge >= 0.3 is 0 Å². The van der Waals surface area contributed by atoms with Gasteiger partial charge in [-0.2, -0.15) is 0 Å². The van der Waals surface area contributed by atoms with Crippen molar-refractivity contribution in [2.45, 2.75) is 78.2 Å². The summed E-state index contributed by atoms with van der Waals surface area (Å²) in [6.45, 7) is 8.46. The molecule has 29 heavy (non-hydrogen) atoms. The summed E-state index contributed by atoms with van der Waals surface area (Å²) in [5.41, 5.74) is 2.40. The quantitative estimate of drug-likeness (QED) is 0.616. The molecule has 0 radical (unpaired) electrons. The molecule has 1 aromatic rings. The summed E-state index contributed by atoms with van der Waals surface area (Å²) in [5, 5.41) is 6.19. The van der Waals surface area contributed by atoms with Crippen LogP contribution in [0.4, 0.5) is 11.4 Å². The number of nitrogens with one attached hydrogen (secondary N) is 2. The van der Waals surface area contributed by atoms with Crippen molar-refractivity contribution in [2.75, 3.05) is 23.3 Å². The second kappa shape index (κ2) is 10.1. The second-order valence-corrected chi connectivity index (χ2v) is 8.89. The van der Waals surface area contributed by atoms with Gasteiger partial charge in [0.25, 0.3) is 5.91 Å². The lowest BCUT2D eigenvalue weighted by Crippen LogP contribution is -2.35. The predicted molar refractivity (Wildman–Crippen MR) is 119 cm³/mol. The predicted octanol–water partition coefficient (Wildman–Crippen LogP) is 4.97. The van der Waals surface area contributed by atoms with Crippen LogP contribution in [0.5, 0.6) is 0 Å². The average Bonchev–Trinajstić information content (AvgIpc) is 3.53. The van der Waals surface area contributed by atoms with Crippen LogP contribution in [0.3, 0.4) is 0 Å². The van der Waals surface area contributed by atoms with Gasteiger partial charge in [-0.1, -0.05) is 33.6 Å². The number of hydrogen-bond acceptors (Lipinski definition) is 3. The summed E-state index contributed by atoms with van der Waals surface area (Å²) in [4.78, 5) is 28.0. The molecule has 0 aromatic heterocycles. The third-order valence-electron chi connectivity index (χ3n) is 6.32. The summed E-state index contributed by atoms with van der Waals surface area (Å²) in [6, 6.07) is 6.15. The molecule has 2 amide bonds. The van der Waals surface area contributed by atoms with Crippen LogP contribution in [-0.2, 0) is 4.79 Å². The molecule has 160 valence electrons. The summed E-state index contributed by atoms with van der Waals surface area (Å²) in [6.07, 6.45) is 8.34. The van der Waals surface area contributed by atoms with Crippen molar-refractivity contribution < 1.29 is 9.59 Å². The Hall–Kier alpha value is -2.04. The third-order valence-corrected chi connectivity index (χ3v) is 6.32. The number of benzene rings is 1. The molecule has 1 unspecified atom stereocenters. The molecule has 1 atom stereocenters. The minimum absolute atomic E-state index is 0.0183. The van der Waals surface area contributed by atoms with Crippen molar-refractivity contribution in [3.05, 3.63) is 23.8 Å². The number of piperidine rings is 1. The highest BCUT2D eigenvalue weighted by Crippen LogP contribution is 2.30. The minimum Gasteiger partial charge on any atom is -0.371 e. The van der Waals surface area contributed by atoms with Gasteiger partial charge in [-0.3, -0.25) is 9.59 Å². The van der Waals surface area contributed by atoms with Crippen molar-refractivity contribution in [3.63, 3.8) is 0 Å². The van der Waals surface area contributed by atoms with E-state index in [2.05, 4.69) is 36.3 Å². The Kier molecular flexibility index (Phi) is 7.57. The zero-order valence-electron chi connectivity index (χ0n) is 18.3. The van der Waals surface area contributed by atoms with Gasteiger partial charge in [0.2, 0.25) is 5.91 Å². The largest absolute Gasteiger partial charge is 0.371 e. The van der Waals surface area contributed by atoms with Crippen molar-refractivity contribution in [3.8, 4) is 0 Å². The van der Waals surface area contributed by atoms with E-state index in [0.29, 0.717) is 11.6 Å². The van der Waals surface area contributed by atoms with Gasteiger partial charge in [0.15, 0.2) is 0 Å². The zero-order valence-corrected chi connectivity index (χ0v) is 18.3. The van der Waals surface area contributed by atoms with E-state index < -0.39 is 0 Å². The van der Waals surface area contributed by atoms with E-state index in [-0.39, 0.29) is 17.7 Å². The molecule has 2 aliphatic rings. The minimum atomic E-state index is -0.0183. The van der Waals surface area contributed by atoms with Crippen LogP contribution >= 0.6 is 0 Å². The maximum absolute atomic E-state index is 12.9. The first kappa shape index (κ1) is 21.7. The standard InChI is InChI=1S/C24H37N3O2/c1-4-6-7-18(5-2)23(28)26-20-10-11-22(27-14-12-17(3)13-15-27)21(16-20)24(29)25-19-8-9-19/h10-11,16-19H,4-9,12-15H2,1-3H3,(H,25,29)(H,26,28). The third kappa shape index (κ3) is 5.97. The number of hydrogen-bond donors (Lipinski definition) is 2. The highest BCUT2D eigenvalue weighted by Gasteiger charge is 2.27. The number of anilines is 2. The molecule has 2 N–H and O–H groups in total. The highest BCUT2D eigenvalue weighted by molar-refractivity contribution is 6.02. The van der Waals surface area contributed by atoms with Crippen LogP contribution in [0.2, 0.25) is 0 Å². The number of rotatable bonds is 9. The van der Waals surface area contributed by atoms with E-state index in [4.69, 9.17) is 0 Å². The number of carbonyl (C=O) groups excluding carboxylic acids is 2. The topological polar surface area (TPSA) is 61.4 Å². The lowest BCUT2D eigenvalue weighted by atomic mass is 9.97. The van der Waals surface area contributed by atoms with Crippen LogP contribution in [0.25, 0.3) is 0 Å². The second-order valence-electron chi connectivity index (χ2n) is 8.89. The van der Waals surface area contributed by atoms with E-state index in [1.807, 2.05) is 18.2 Å². The summed E-state index contributed by atoms with van der Waals surface area (Å²) in [5.74, 6) is 0.814. The Morgan fingerprint density at radius 1 is 1.14 bits per heavy atom. The van der Waals surface area contributed by atoms with E-state index in [1.54, 1.807) is 0 Å². The molecule has 1 aliphatic heterocycles. The normalized spacial score (nSPS) is 18.4. The van der Waals surface area contributed by atoms with Gasteiger partial charge < -0.3 is 15.5 Å². The molecular formula is C24H37N3O2. The Bertz CT molecular complexity index is 706. The van der Waals surface area contributed by atoms with Crippen LogP contribution in [-0.4, -0.2) is 30.9 Å². The summed E-state index contributed by atoms with van der Waals surface area (Å²) >= 11 is 0. The lowest BCUT2D eigenvalue weighted by molar-refractivity contribution is -0.120. The first-order chi connectivity index (χ1) is 14.0. The van der Waals surface area contributed by atoms with Gasteiger partial charge in [-0.25, -0.2) is 0 Å². The van der Waals surface area contributed by atoms with Crippen molar-refractivity contribution in [1.82, 2.24) is 5.32 Å². The Morgan fingerprint density at radius 2 is 1.86 bits per heavy atom. The molecule has 0 bridgehead atoms. The van der Waals surface area contributed by atoms with E-state index >= 15 is 0 Å². The molecule has 2 fully saturated rings. The van der Waals surface area contributed by atoms with Crippen molar-refractivity contribution in [2.24, 2.45) is 11.8 Å². The maximum Gasteiger partial charge on any atom is 0.253 e. The monoisotopic (exact) mass is 399 g/mol. The Balaban J connectivity index is 1.77. The van der Waals surface area contributed by atoms with E-state index in [1.165, 1.54) is 0 Å². The Labute approximate surface area is 175 Å². The fourth-order valence-electron chi connectivity index (χ4n) is 4.03. The van der Waals surface area contributed by atoms with Crippen LogP contribution in [0.1, 0.15) is 82.5 Å². The zero-order chi connectivity index (χ0) is 20.8. The fraction of sp³-hybridized carbons (Fsp3) is 0.667. The molecule has 3 rings (SSSR count). The number of amides is 2. The fourth-order valence-corrected chi connectivity index (χ4v) is 4.03. The first-order valence-electron chi connectivity index (χ1n) is 11.5. The molecule has 0 spiro atoms. The van der Waals surface area contributed by atoms with Gasteiger partial charge in [0.05, 0.1) is 5.56 Å². The van der Waals surface area contributed by atoms with Gasteiger partial charge in [-0.15, -0.1) is 0 Å². The number of nitrogens with zero attached hydrogens (tertiary/aromatic N) is 1. The smallest absolute Gasteiger partial charge is 0.253 e. The molecule has 1 heterocycles. The van der Waals surface area contributed by atoms with Gasteiger partial charge in [0.1, 0.15) is 0 Å². The number of carbonyl (C=O) groups is 2. The molecule has 5 nitrogen and oxygen atoms in total. The maximum atomic E-state index is 12.9.